The third-order valence-corrected chi connectivity index (χ3v) is 5.66. The number of benzene rings is 2. The molecule has 3 rings (SSSR count). The average Bonchev–Trinajstić information content (AvgIpc) is 3.25. The van der Waals surface area contributed by atoms with E-state index in [9.17, 15) is 9.59 Å². The van der Waals surface area contributed by atoms with Gasteiger partial charge in [-0.15, -0.1) is 0 Å². The van der Waals surface area contributed by atoms with Crippen LogP contribution in [0.2, 0.25) is 0 Å². The first-order valence-corrected chi connectivity index (χ1v) is 12.1. The Kier molecular flexibility index (Phi) is 8.68. The maximum atomic E-state index is 13.1. The number of hydrogen-bond donors (Lipinski definition) is 1. The number of aryl methyl sites for hydroxylation is 1. The van der Waals surface area contributed by atoms with E-state index in [2.05, 4.69) is 33.0 Å². The van der Waals surface area contributed by atoms with Crippen LogP contribution in [0.1, 0.15) is 51.8 Å². The Bertz CT molecular complexity index is 1130. The zero-order valence-corrected chi connectivity index (χ0v) is 21.4. The molecule has 0 unspecified atom stereocenters. The van der Waals surface area contributed by atoms with Gasteiger partial charge < -0.3 is 15.0 Å². The lowest BCUT2D eigenvalue weighted by atomic mass is 9.92. The Morgan fingerprint density at radius 1 is 1.06 bits per heavy atom. The molecule has 2 aromatic carbocycles. The van der Waals surface area contributed by atoms with Crippen LogP contribution in [0.15, 0.2) is 60.7 Å². The molecule has 0 aliphatic heterocycles. The molecule has 186 valence electrons. The fourth-order valence-corrected chi connectivity index (χ4v) is 3.57. The predicted molar refractivity (Wildman–Crippen MR) is 139 cm³/mol. The maximum Gasteiger partial charge on any atom is 0.260 e. The minimum Gasteiger partial charge on any atom is -0.484 e. The highest BCUT2D eigenvalue weighted by atomic mass is 16.5. The molecule has 0 saturated heterocycles. The minimum atomic E-state index is -0.274. The van der Waals surface area contributed by atoms with Crippen LogP contribution in [0.4, 0.5) is 5.82 Å². The molecule has 0 atom stereocenters. The van der Waals surface area contributed by atoms with E-state index in [1.807, 2.05) is 55.5 Å². The lowest BCUT2D eigenvalue weighted by Gasteiger charge is -2.22. The summed E-state index contributed by atoms with van der Waals surface area (Å²) in [4.78, 5) is 27.5. The van der Waals surface area contributed by atoms with Crippen molar-refractivity contribution >= 4 is 17.6 Å². The smallest absolute Gasteiger partial charge is 0.260 e. The van der Waals surface area contributed by atoms with Gasteiger partial charge in [0.2, 0.25) is 5.91 Å². The molecule has 0 bridgehead atoms. The number of anilines is 1. The second-order valence-corrected chi connectivity index (χ2v) is 9.68. The molecule has 0 spiro atoms. The summed E-state index contributed by atoms with van der Waals surface area (Å²) in [6, 6.07) is 19.0. The number of nitrogens with one attached hydrogen (secondary N) is 1. The van der Waals surface area contributed by atoms with Crippen molar-refractivity contribution in [2.45, 2.75) is 52.9 Å². The van der Waals surface area contributed by atoms with E-state index in [1.165, 1.54) is 0 Å². The Morgan fingerprint density at radius 3 is 2.40 bits per heavy atom. The Balaban J connectivity index is 1.76. The number of carbonyl (C=O) groups is 2. The van der Waals surface area contributed by atoms with Crippen molar-refractivity contribution < 1.29 is 14.3 Å². The molecule has 35 heavy (non-hydrogen) atoms. The molecule has 1 heterocycles. The molecule has 1 aromatic heterocycles. The predicted octanol–water partition coefficient (Wildman–Crippen LogP) is 5.12. The molecule has 7 nitrogen and oxygen atoms in total. The minimum absolute atomic E-state index is 0.0548. The molecule has 0 aliphatic carbocycles. The number of hydrogen-bond acceptors (Lipinski definition) is 4. The number of aromatic nitrogens is 2. The van der Waals surface area contributed by atoms with Crippen LogP contribution < -0.4 is 10.1 Å². The fraction of sp³-hybridized carbons (Fsp3) is 0.393. The fourth-order valence-electron chi connectivity index (χ4n) is 3.57. The molecule has 0 radical (unpaired) electrons. The third-order valence-electron chi connectivity index (χ3n) is 5.66. The summed E-state index contributed by atoms with van der Waals surface area (Å²) in [5, 5.41) is 7.79. The molecule has 7 heteroatoms. The van der Waals surface area contributed by atoms with Gasteiger partial charge in [-0.25, -0.2) is 4.68 Å². The lowest BCUT2D eigenvalue weighted by Crippen LogP contribution is -2.41. The third kappa shape index (κ3) is 7.18. The summed E-state index contributed by atoms with van der Waals surface area (Å²) in [5.41, 5.74) is 2.62. The van der Waals surface area contributed by atoms with Crippen molar-refractivity contribution in [3.63, 3.8) is 0 Å². The van der Waals surface area contributed by atoms with Crippen LogP contribution >= 0.6 is 0 Å². The van der Waals surface area contributed by atoms with Crippen molar-refractivity contribution in [2.24, 2.45) is 0 Å². The highest BCUT2D eigenvalue weighted by Gasteiger charge is 2.23. The molecule has 2 amide bonds. The molecule has 0 fully saturated rings. The van der Waals surface area contributed by atoms with Gasteiger partial charge in [-0.2, -0.15) is 5.10 Å². The van der Waals surface area contributed by atoms with E-state index in [-0.39, 0.29) is 30.4 Å². The van der Waals surface area contributed by atoms with Gasteiger partial charge >= 0.3 is 0 Å². The van der Waals surface area contributed by atoms with E-state index in [0.29, 0.717) is 18.1 Å². The molecule has 1 N–H and O–H groups in total. The number of rotatable bonds is 10. The van der Waals surface area contributed by atoms with Crippen LogP contribution in [0.3, 0.4) is 0 Å². The van der Waals surface area contributed by atoms with Crippen LogP contribution in [0, 0.1) is 6.92 Å². The molecule has 3 aromatic rings. The standard InChI is InChI=1S/C28H36N4O3/c1-6-7-17-31(27(34)20-35-22-14-9-8-10-15-22)19-26(33)29-25-18-24(28(3,4)5)30-32(25)23-16-12-11-13-21(23)2/h8-16,18H,6-7,17,19-20H2,1-5H3,(H,29,33). The second kappa shape index (κ2) is 11.7. The van der Waals surface area contributed by atoms with Gasteiger partial charge in [-0.1, -0.05) is 70.5 Å². The van der Waals surface area contributed by atoms with E-state index < -0.39 is 0 Å². The monoisotopic (exact) mass is 476 g/mol. The number of para-hydroxylation sites is 2. The summed E-state index contributed by atoms with van der Waals surface area (Å²) in [6.07, 6.45) is 1.72. The van der Waals surface area contributed by atoms with E-state index in [1.54, 1.807) is 21.7 Å². The van der Waals surface area contributed by atoms with Crippen molar-refractivity contribution in [2.75, 3.05) is 25.0 Å². The summed E-state index contributed by atoms with van der Waals surface area (Å²) in [6.45, 7) is 10.6. The molecular formula is C28H36N4O3. The van der Waals surface area contributed by atoms with Gasteiger partial charge in [-0.3, -0.25) is 9.59 Å². The maximum absolute atomic E-state index is 13.1. The van der Waals surface area contributed by atoms with Crippen LogP contribution in [0.25, 0.3) is 5.69 Å². The number of nitrogens with zero attached hydrogens (tertiary/aromatic N) is 3. The largest absolute Gasteiger partial charge is 0.484 e. The first-order chi connectivity index (χ1) is 16.7. The zero-order valence-electron chi connectivity index (χ0n) is 21.4. The normalized spacial score (nSPS) is 11.2. The van der Waals surface area contributed by atoms with Crippen LogP contribution in [0.5, 0.6) is 5.75 Å². The number of amides is 2. The Morgan fingerprint density at radius 2 is 1.74 bits per heavy atom. The van der Waals surface area contributed by atoms with Crippen molar-refractivity contribution in [3.8, 4) is 11.4 Å². The highest BCUT2D eigenvalue weighted by Crippen LogP contribution is 2.27. The summed E-state index contributed by atoms with van der Waals surface area (Å²) >= 11 is 0. The van der Waals surface area contributed by atoms with Crippen molar-refractivity contribution in [3.05, 3.63) is 71.9 Å². The number of unbranched alkanes of at least 4 members (excludes halogenated alkanes) is 1. The van der Waals surface area contributed by atoms with Crippen LogP contribution in [-0.2, 0) is 15.0 Å². The van der Waals surface area contributed by atoms with E-state index in [4.69, 9.17) is 9.84 Å². The second-order valence-electron chi connectivity index (χ2n) is 9.68. The highest BCUT2D eigenvalue weighted by molar-refractivity contribution is 5.94. The van der Waals surface area contributed by atoms with Crippen molar-refractivity contribution in [1.82, 2.24) is 14.7 Å². The van der Waals surface area contributed by atoms with Gasteiger partial charge in [0.25, 0.3) is 5.91 Å². The van der Waals surface area contributed by atoms with Gasteiger partial charge in [0, 0.05) is 18.0 Å². The molecular weight excluding hydrogens is 440 g/mol. The molecule has 0 aliphatic rings. The van der Waals surface area contributed by atoms with Crippen molar-refractivity contribution in [1.29, 1.82) is 0 Å². The van der Waals surface area contributed by atoms with Gasteiger partial charge in [0.1, 0.15) is 18.1 Å². The van der Waals surface area contributed by atoms with Gasteiger partial charge in [0.05, 0.1) is 11.4 Å². The van der Waals surface area contributed by atoms with Crippen LogP contribution in [-0.4, -0.2) is 46.2 Å². The van der Waals surface area contributed by atoms with Gasteiger partial charge in [0.15, 0.2) is 6.61 Å². The van der Waals surface area contributed by atoms with E-state index in [0.717, 1.165) is 29.8 Å². The Hall–Kier alpha value is -3.61. The first kappa shape index (κ1) is 26.0. The number of ether oxygens (including phenoxy) is 1. The average molecular weight is 477 g/mol. The topological polar surface area (TPSA) is 76.5 Å². The first-order valence-electron chi connectivity index (χ1n) is 12.1. The zero-order chi connectivity index (χ0) is 25.4. The quantitative estimate of drug-likeness (QED) is 0.440. The van der Waals surface area contributed by atoms with E-state index >= 15 is 0 Å². The summed E-state index contributed by atoms with van der Waals surface area (Å²) in [5.74, 6) is 0.708. The Labute approximate surface area is 208 Å². The van der Waals surface area contributed by atoms with Gasteiger partial charge in [-0.05, 0) is 37.1 Å². The SMILES string of the molecule is CCCCN(CC(=O)Nc1cc(C(C)(C)C)nn1-c1ccccc1C)C(=O)COc1ccccc1. The summed E-state index contributed by atoms with van der Waals surface area (Å²) in [7, 11) is 0. The lowest BCUT2D eigenvalue weighted by molar-refractivity contribution is -0.136. The molecule has 0 saturated carbocycles. The number of carbonyl (C=O) groups excluding carboxylic acids is 2. The summed E-state index contributed by atoms with van der Waals surface area (Å²) < 4.78 is 7.39.